The monoisotopic (exact) mass is 182 g/mol. The maximum absolute atomic E-state index is 5.05. The molecule has 0 amide bonds. The fourth-order valence-corrected chi connectivity index (χ4v) is 1.18. The molecule has 58 valence electrons. The molecular weight excluding hydrogens is 172 g/mol. The van der Waals surface area contributed by atoms with Crippen molar-refractivity contribution in [1.29, 1.82) is 0 Å². The molecule has 0 N–H and O–H groups in total. The fourth-order valence-electron chi connectivity index (χ4n) is 0.807. The zero-order valence-corrected chi connectivity index (χ0v) is 9.44. The number of thiocarbonyl (C=S) groups is 1. The Morgan fingerprint density at radius 2 is 1.91 bits per heavy atom. The molecule has 0 aliphatic heterocycles. The van der Waals surface area contributed by atoms with E-state index >= 15 is 0 Å². The minimum absolute atomic E-state index is 0.608. The van der Waals surface area contributed by atoms with Gasteiger partial charge >= 0.3 is 0 Å². The highest BCUT2D eigenvalue weighted by atomic mass is 32.1. The smallest absolute Gasteiger partial charge is 0.205 e. The van der Waals surface area contributed by atoms with E-state index in [1.54, 1.807) is 0 Å². The van der Waals surface area contributed by atoms with Crippen molar-refractivity contribution >= 4 is 27.8 Å². The van der Waals surface area contributed by atoms with Crippen LogP contribution in [-0.2, 0) is 4.43 Å². The molecule has 0 fully saturated rings. The van der Waals surface area contributed by atoms with Crippen molar-refractivity contribution in [3.8, 4) is 0 Å². The van der Waals surface area contributed by atoms with Gasteiger partial charge in [-0.15, -0.1) is 0 Å². The minimum atomic E-state index is 0.608. The molecule has 0 atom stereocenters. The van der Waals surface area contributed by atoms with Gasteiger partial charge in [0.15, 0.2) is 5.05 Å². The van der Waals surface area contributed by atoms with Crippen molar-refractivity contribution in [1.82, 2.24) is 0 Å². The van der Waals surface area contributed by atoms with Crippen LogP contribution in [0.25, 0.3) is 0 Å². The molecule has 1 rings (SSSR count). The lowest BCUT2D eigenvalue weighted by Gasteiger charge is -2.02. The maximum Gasteiger partial charge on any atom is 0.205 e. The highest BCUT2D eigenvalue weighted by molar-refractivity contribution is 7.80. The van der Waals surface area contributed by atoms with Gasteiger partial charge in [0.25, 0.3) is 0 Å². The van der Waals surface area contributed by atoms with Gasteiger partial charge in [0, 0.05) is 5.56 Å². The Labute approximate surface area is 74.9 Å². The van der Waals surface area contributed by atoms with E-state index in [2.05, 4.69) is 0 Å². The molecular formula is C8H10OSSi. The van der Waals surface area contributed by atoms with Gasteiger partial charge < -0.3 is 4.43 Å². The van der Waals surface area contributed by atoms with E-state index in [-0.39, 0.29) is 0 Å². The van der Waals surface area contributed by atoms with Crippen LogP contribution >= 0.6 is 12.2 Å². The summed E-state index contributed by atoms with van der Waals surface area (Å²) in [5, 5.41) is 0.608. The third kappa shape index (κ3) is 2.13. The number of aryl methyl sites for hydroxylation is 1. The molecule has 1 aromatic carbocycles. The molecule has 1 nitrogen and oxygen atoms in total. The fraction of sp³-hybridized carbons (Fsp3) is 0.125. The molecule has 3 heteroatoms. The van der Waals surface area contributed by atoms with Crippen LogP contribution in [-0.4, -0.2) is 15.5 Å². The molecule has 0 radical (unpaired) electrons. The van der Waals surface area contributed by atoms with Gasteiger partial charge in [0.2, 0.25) is 10.5 Å². The van der Waals surface area contributed by atoms with Gasteiger partial charge in [-0.25, -0.2) is 0 Å². The third-order valence-corrected chi connectivity index (χ3v) is 2.58. The first-order chi connectivity index (χ1) is 5.24. The molecule has 0 aromatic heterocycles. The number of rotatable bonds is 1. The van der Waals surface area contributed by atoms with Crippen molar-refractivity contribution in [2.45, 2.75) is 6.92 Å². The van der Waals surface area contributed by atoms with E-state index in [0.717, 1.165) is 5.56 Å². The predicted molar refractivity (Wildman–Crippen MR) is 53.9 cm³/mol. The summed E-state index contributed by atoms with van der Waals surface area (Å²) in [4.78, 5) is 0. The van der Waals surface area contributed by atoms with E-state index in [9.17, 15) is 0 Å². The van der Waals surface area contributed by atoms with Crippen molar-refractivity contribution in [2.75, 3.05) is 0 Å². The van der Waals surface area contributed by atoms with Gasteiger partial charge in [0.05, 0.1) is 0 Å². The van der Waals surface area contributed by atoms with Crippen LogP contribution in [0.2, 0.25) is 0 Å². The average Bonchev–Trinajstić information content (AvgIpc) is 2.05. The van der Waals surface area contributed by atoms with Gasteiger partial charge in [-0.3, -0.25) is 0 Å². The molecule has 0 aliphatic carbocycles. The van der Waals surface area contributed by atoms with Crippen molar-refractivity contribution in [2.24, 2.45) is 0 Å². The molecule has 0 saturated heterocycles. The molecule has 0 heterocycles. The van der Waals surface area contributed by atoms with Crippen molar-refractivity contribution < 1.29 is 4.43 Å². The first-order valence-corrected chi connectivity index (χ1v) is 4.61. The van der Waals surface area contributed by atoms with Crippen LogP contribution in [0.3, 0.4) is 0 Å². The summed E-state index contributed by atoms with van der Waals surface area (Å²) in [6, 6.07) is 8.02. The lowest BCUT2D eigenvalue weighted by molar-refractivity contribution is 0.632. The quantitative estimate of drug-likeness (QED) is 0.473. The second kappa shape index (κ2) is 3.64. The van der Waals surface area contributed by atoms with Crippen LogP contribution in [0.15, 0.2) is 24.3 Å². The number of hydrogen-bond donors (Lipinski definition) is 0. The Morgan fingerprint density at radius 1 is 1.36 bits per heavy atom. The maximum atomic E-state index is 5.05. The zero-order chi connectivity index (χ0) is 8.27. The summed E-state index contributed by atoms with van der Waals surface area (Å²) < 4.78 is 5.05. The summed E-state index contributed by atoms with van der Waals surface area (Å²) in [5.74, 6) is 0. The van der Waals surface area contributed by atoms with Gasteiger partial charge in [-0.05, 0) is 19.1 Å². The van der Waals surface area contributed by atoms with Crippen LogP contribution in [0.5, 0.6) is 0 Å². The summed E-state index contributed by atoms with van der Waals surface area (Å²) >= 11 is 4.98. The van der Waals surface area contributed by atoms with Gasteiger partial charge in [-0.1, -0.05) is 29.8 Å². The average molecular weight is 182 g/mol. The van der Waals surface area contributed by atoms with Crippen LogP contribution in [0.1, 0.15) is 11.1 Å². The molecule has 0 saturated carbocycles. The summed E-state index contributed by atoms with van der Waals surface area (Å²) in [5.41, 5.74) is 2.24. The highest BCUT2D eigenvalue weighted by Crippen LogP contribution is 2.04. The topological polar surface area (TPSA) is 9.23 Å². The largest absolute Gasteiger partial charge is 0.545 e. The minimum Gasteiger partial charge on any atom is -0.545 e. The second-order valence-electron chi connectivity index (χ2n) is 2.36. The van der Waals surface area contributed by atoms with Crippen LogP contribution in [0, 0.1) is 6.92 Å². The van der Waals surface area contributed by atoms with E-state index in [1.165, 1.54) is 5.56 Å². The Bertz CT molecular complexity index is 255. The summed E-state index contributed by atoms with van der Waals surface area (Å²) in [6.45, 7) is 2.05. The van der Waals surface area contributed by atoms with E-state index in [0.29, 0.717) is 15.5 Å². The van der Waals surface area contributed by atoms with E-state index in [4.69, 9.17) is 16.6 Å². The Hall–Kier alpha value is -0.673. The highest BCUT2D eigenvalue weighted by Gasteiger charge is 1.96. The Balaban J connectivity index is 2.90. The van der Waals surface area contributed by atoms with Crippen molar-refractivity contribution in [3.05, 3.63) is 35.4 Å². The van der Waals surface area contributed by atoms with Crippen LogP contribution < -0.4 is 0 Å². The number of hydrogen-bond acceptors (Lipinski definition) is 2. The summed E-state index contributed by atoms with van der Waals surface area (Å²) in [7, 11) is 0.665. The molecule has 0 aliphatic rings. The third-order valence-electron chi connectivity index (χ3n) is 1.47. The summed E-state index contributed by atoms with van der Waals surface area (Å²) in [6.07, 6.45) is 0. The first-order valence-electron chi connectivity index (χ1n) is 3.39. The van der Waals surface area contributed by atoms with Gasteiger partial charge in [-0.2, -0.15) is 0 Å². The molecule has 0 bridgehead atoms. The molecule has 0 spiro atoms. The van der Waals surface area contributed by atoms with E-state index < -0.39 is 0 Å². The normalized spacial score (nSPS) is 9.55. The zero-order valence-electron chi connectivity index (χ0n) is 6.63. The Morgan fingerprint density at radius 3 is 2.36 bits per heavy atom. The SMILES string of the molecule is Cc1ccc(C(=S)O[SiH3])cc1. The van der Waals surface area contributed by atoms with E-state index in [1.807, 2.05) is 31.2 Å². The molecule has 0 unspecified atom stereocenters. The molecule has 11 heavy (non-hydrogen) atoms. The van der Waals surface area contributed by atoms with Gasteiger partial charge in [0.1, 0.15) is 0 Å². The Kier molecular flexibility index (Phi) is 2.79. The lowest BCUT2D eigenvalue weighted by Crippen LogP contribution is -1.99. The van der Waals surface area contributed by atoms with Crippen LogP contribution in [0.4, 0.5) is 0 Å². The van der Waals surface area contributed by atoms with Crippen molar-refractivity contribution in [3.63, 3.8) is 0 Å². The lowest BCUT2D eigenvalue weighted by atomic mass is 10.2. The second-order valence-corrected chi connectivity index (χ2v) is 3.14. The first kappa shape index (κ1) is 8.42. The standard InChI is InChI=1S/C8H10OSSi/c1-6-2-4-7(5-3-6)8(10)9-11/h2-5H,1,11H3. The number of benzene rings is 1. The molecule has 1 aromatic rings. The predicted octanol–water partition coefficient (Wildman–Crippen LogP) is 0.968.